The number of benzene rings is 1. The maximum atomic E-state index is 13.1. The predicted octanol–water partition coefficient (Wildman–Crippen LogP) is 2.92. The highest BCUT2D eigenvalue weighted by atomic mass is 32.1. The van der Waals surface area contributed by atoms with Gasteiger partial charge in [-0.3, -0.25) is 14.5 Å². The molecule has 7 nitrogen and oxygen atoms in total. The van der Waals surface area contributed by atoms with Crippen LogP contribution in [0.25, 0.3) is 0 Å². The fraction of sp³-hybridized carbons (Fsp3) is 0.435. The number of hydrogen-bond acceptors (Lipinski definition) is 6. The highest BCUT2D eigenvalue weighted by Gasteiger charge is 2.33. The van der Waals surface area contributed by atoms with E-state index >= 15 is 0 Å². The maximum absolute atomic E-state index is 13.1. The third kappa shape index (κ3) is 5.43. The van der Waals surface area contributed by atoms with E-state index in [1.54, 1.807) is 18.1 Å². The van der Waals surface area contributed by atoms with Crippen LogP contribution in [-0.2, 0) is 4.79 Å². The number of nitrogens with one attached hydrogen (secondary N) is 1. The summed E-state index contributed by atoms with van der Waals surface area (Å²) in [5.41, 5.74) is 0.909. The summed E-state index contributed by atoms with van der Waals surface area (Å²) in [4.78, 5) is 30.1. The lowest BCUT2D eigenvalue weighted by molar-refractivity contribution is -0.136. The summed E-state index contributed by atoms with van der Waals surface area (Å²) in [5, 5.41) is 14.5. The van der Waals surface area contributed by atoms with Crippen LogP contribution in [0.3, 0.4) is 0 Å². The summed E-state index contributed by atoms with van der Waals surface area (Å²) in [5.74, 6) is 0.433. The van der Waals surface area contributed by atoms with Crippen molar-refractivity contribution in [1.29, 1.82) is 5.26 Å². The van der Waals surface area contributed by atoms with E-state index in [0.717, 1.165) is 11.3 Å². The van der Waals surface area contributed by atoms with Gasteiger partial charge in [-0.2, -0.15) is 5.26 Å². The molecule has 0 bridgehead atoms. The average Bonchev–Trinajstić information content (AvgIpc) is 3.33. The van der Waals surface area contributed by atoms with E-state index in [-0.39, 0.29) is 23.8 Å². The van der Waals surface area contributed by atoms with Gasteiger partial charge in [-0.05, 0) is 35.1 Å². The molecular formula is C23H28N4O3S. The molecule has 8 heteroatoms. The summed E-state index contributed by atoms with van der Waals surface area (Å²) in [6, 6.07) is 12.5. The van der Waals surface area contributed by atoms with Crippen molar-refractivity contribution in [3.05, 3.63) is 52.2 Å². The SMILES string of the molecule is COc1ccc(C(C#N)N2CCN(C(=O)C(NC(=O)c3cccs3)C(C)C)CC2)cc1. The molecule has 0 saturated carbocycles. The Morgan fingerprint density at radius 3 is 2.32 bits per heavy atom. The molecule has 2 heterocycles. The van der Waals surface area contributed by atoms with Gasteiger partial charge in [-0.25, -0.2) is 0 Å². The van der Waals surface area contributed by atoms with Gasteiger partial charge in [-0.15, -0.1) is 11.3 Å². The van der Waals surface area contributed by atoms with Crippen LogP contribution in [0.5, 0.6) is 5.75 Å². The normalized spacial score (nSPS) is 16.4. The summed E-state index contributed by atoms with van der Waals surface area (Å²) < 4.78 is 5.19. The number of nitriles is 1. The minimum atomic E-state index is -0.575. The van der Waals surface area contributed by atoms with E-state index in [1.165, 1.54) is 11.3 Å². The first-order chi connectivity index (χ1) is 14.9. The van der Waals surface area contributed by atoms with Crippen LogP contribution in [0, 0.1) is 17.2 Å². The molecule has 1 saturated heterocycles. The second kappa shape index (κ2) is 10.4. The monoisotopic (exact) mass is 440 g/mol. The Balaban J connectivity index is 1.61. The van der Waals surface area contributed by atoms with E-state index in [0.29, 0.717) is 31.1 Å². The topological polar surface area (TPSA) is 85.7 Å². The van der Waals surface area contributed by atoms with Gasteiger partial charge in [-0.1, -0.05) is 32.0 Å². The van der Waals surface area contributed by atoms with E-state index in [9.17, 15) is 14.9 Å². The van der Waals surface area contributed by atoms with Gasteiger partial charge >= 0.3 is 0 Å². The van der Waals surface area contributed by atoms with Crippen molar-refractivity contribution in [3.8, 4) is 11.8 Å². The number of rotatable bonds is 7. The highest BCUT2D eigenvalue weighted by molar-refractivity contribution is 7.12. The Labute approximate surface area is 187 Å². The first kappa shape index (κ1) is 22.8. The lowest BCUT2D eigenvalue weighted by atomic mass is 10.0. The molecule has 0 spiro atoms. The Kier molecular flexibility index (Phi) is 7.66. The van der Waals surface area contributed by atoms with Gasteiger partial charge in [0, 0.05) is 26.2 Å². The minimum Gasteiger partial charge on any atom is -0.497 e. The molecule has 31 heavy (non-hydrogen) atoms. The number of nitrogens with zero attached hydrogens (tertiary/aromatic N) is 3. The lowest BCUT2D eigenvalue weighted by Gasteiger charge is -2.39. The zero-order chi connectivity index (χ0) is 22.4. The largest absolute Gasteiger partial charge is 0.497 e. The third-order valence-electron chi connectivity index (χ3n) is 5.51. The molecule has 1 aliphatic rings. The van der Waals surface area contributed by atoms with Crippen LogP contribution in [0.1, 0.15) is 35.1 Å². The van der Waals surface area contributed by atoms with Gasteiger partial charge in [0.2, 0.25) is 5.91 Å². The number of amides is 2. The van der Waals surface area contributed by atoms with Gasteiger partial charge in [0.1, 0.15) is 17.8 Å². The molecule has 2 unspecified atom stereocenters. The molecule has 3 rings (SSSR count). The quantitative estimate of drug-likeness (QED) is 0.716. The van der Waals surface area contributed by atoms with Crippen molar-refractivity contribution < 1.29 is 14.3 Å². The van der Waals surface area contributed by atoms with Gasteiger partial charge in [0.05, 0.1) is 18.1 Å². The Bertz CT molecular complexity index is 913. The highest BCUT2D eigenvalue weighted by Crippen LogP contribution is 2.24. The van der Waals surface area contributed by atoms with Crippen molar-refractivity contribution in [3.63, 3.8) is 0 Å². The van der Waals surface area contributed by atoms with Crippen molar-refractivity contribution >= 4 is 23.2 Å². The van der Waals surface area contributed by atoms with E-state index in [4.69, 9.17) is 4.74 Å². The Morgan fingerprint density at radius 1 is 1.13 bits per heavy atom. The Morgan fingerprint density at radius 2 is 1.81 bits per heavy atom. The molecule has 1 fully saturated rings. The number of piperazine rings is 1. The summed E-state index contributed by atoms with van der Waals surface area (Å²) >= 11 is 1.36. The van der Waals surface area contributed by atoms with Crippen LogP contribution in [0.15, 0.2) is 41.8 Å². The molecule has 1 aliphatic heterocycles. The van der Waals surface area contributed by atoms with E-state index in [2.05, 4.69) is 16.3 Å². The molecule has 1 aromatic carbocycles. The van der Waals surface area contributed by atoms with Gasteiger partial charge in [0.25, 0.3) is 5.91 Å². The van der Waals surface area contributed by atoms with E-state index < -0.39 is 6.04 Å². The summed E-state index contributed by atoms with van der Waals surface area (Å²) in [6.45, 7) is 6.10. The van der Waals surface area contributed by atoms with Crippen molar-refractivity contribution in [2.24, 2.45) is 5.92 Å². The molecule has 0 radical (unpaired) electrons. The standard InChI is InChI=1S/C23H28N4O3S/c1-16(2)21(25-22(28)20-5-4-14-31-20)23(29)27-12-10-26(11-13-27)19(15-24)17-6-8-18(30-3)9-7-17/h4-9,14,16,19,21H,10-13H2,1-3H3,(H,25,28). The molecule has 0 aliphatic carbocycles. The fourth-order valence-corrected chi connectivity index (χ4v) is 4.31. The zero-order valence-electron chi connectivity index (χ0n) is 18.1. The molecule has 1 aromatic heterocycles. The molecule has 2 atom stereocenters. The van der Waals surface area contributed by atoms with Crippen LogP contribution >= 0.6 is 11.3 Å². The number of ether oxygens (including phenoxy) is 1. The zero-order valence-corrected chi connectivity index (χ0v) is 18.9. The fourth-order valence-electron chi connectivity index (χ4n) is 3.68. The van der Waals surface area contributed by atoms with Gasteiger partial charge in [0.15, 0.2) is 0 Å². The second-order valence-electron chi connectivity index (χ2n) is 7.84. The number of carbonyl (C=O) groups excluding carboxylic acids is 2. The number of thiophene rings is 1. The maximum Gasteiger partial charge on any atom is 0.262 e. The lowest BCUT2D eigenvalue weighted by Crippen LogP contribution is -2.56. The van der Waals surface area contributed by atoms with Crippen LogP contribution in [-0.4, -0.2) is 60.9 Å². The average molecular weight is 441 g/mol. The summed E-state index contributed by atoms with van der Waals surface area (Å²) in [6.07, 6.45) is 0. The minimum absolute atomic E-state index is 0.0272. The first-order valence-electron chi connectivity index (χ1n) is 10.4. The van der Waals surface area contributed by atoms with Gasteiger partial charge < -0.3 is 15.0 Å². The van der Waals surface area contributed by atoms with Crippen molar-refractivity contribution in [2.75, 3.05) is 33.3 Å². The number of methoxy groups -OCH3 is 1. The van der Waals surface area contributed by atoms with Crippen LogP contribution in [0.4, 0.5) is 0 Å². The first-order valence-corrected chi connectivity index (χ1v) is 11.2. The molecule has 2 amide bonds. The number of hydrogen-bond donors (Lipinski definition) is 1. The summed E-state index contributed by atoms with van der Waals surface area (Å²) in [7, 11) is 1.61. The smallest absolute Gasteiger partial charge is 0.262 e. The third-order valence-corrected chi connectivity index (χ3v) is 6.38. The molecule has 1 N–H and O–H groups in total. The van der Waals surface area contributed by atoms with Crippen molar-refractivity contribution in [1.82, 2.24) is 15.1 Å². The Hall–Kier alpha value is -2.89. The molecule has 2 aromatic rings. The van der Waals surface area contributed by atoms with Crippen LogP contribution in [0.2, 0.25) is 0 Å². The van der Waals surface area contributed by atoms with Crippen LogP contribution < -0.4 is 10.1 Å². The van der Waals surface area contributed by atoms with E-state index in [1.807, 2.05) is 49.6 Å². The molecular weight excluding hydrogens is 412 g/mol. The predicted molar refractivity (Wildman–Crippen MR) is 120 cm³/mol. The van der Waals surface area contributed by atoms with Crippen molar-refractivity contribution in [2.45, 2.75) is 25.9 Å². The second-order valence-corrected chi connectivity index (χ2v) is 8.79. The molecule has 164 valence electrons. The number of carbonyl (C=O) groups is 2.